The van der Waals surface area contributed by atoms with Gasteiger partial charge in [-0.05, 0) is 41.5 Å². The zero-order valence-corrected chi connectivity index (χ0v) is 17.0. The molecule has 3 heterocycles. The zero-order chi connectivity index (χ0) is 23.9. The molecular weight excluding hydrogens is 461 g/mol. The van der Waals surface area contributed by atoms with Crippen LogP contribution in [0.3, 0.4) is 0 Å². The summed E-state index contributed by atoms with van der Waals surface area (Å²) in [7, 11) is 0. The Morgan fingerprint density at radius 3 is 2.62 bits per heavy atom. The van der Waals surface area contributed by atoms with Gasteiger partial charge < -0.3 is 14.2 Å². The van der Waals surface area contributed by atoms with Gasteiger partial charge >= 0.3 is 6.36 Å². The fraction of sp³-hybridized carbons (Fsp3) is 0.0909. The van der Waals surface area contributed by atoms with Crippen molar-refractivity contribution in [3.05, 3.63) is 78.3 Å². The summed E-state index contributed by atoms with van der Waals surface area (Å²) < 4.78 is 75.2. The van der Waals surface area contributed by atoms with Gasteiger partial charge in [0.1, 0.15) is 34.5 Å². The molecule has 0 fully saturated rings. The maximum absolute atomic E-state index is 14.1. The van der Waals surface area contributed by atoms with Crippen LogP contribution in [0.1, 0.15) is 5.76 Å². The van der Waals surface area contributed by atoms with E-state index in [1.165, 1.54) is 47.3 Å². The lowest BCUT2D eigenvalue weighted by atomic mass is 10.1. The van der Waals surface area contributed by atoms with Gasteiger partial charge in [0.05, 0.1) is 5.56 Å². The van der Waals surface area contributed by atoms with E-state index in [0.29, 0.717) is 28.1 Å². The van der Waals surface area contributed by atoms with E-state index < -0.39 is 18.0 Å². The Morgan fingerprint density at radius 1 is 1.06 bits per heavy atom. The molecule has 3 aromatic heterocycles. The van der Waals surface area contributed by atoms with E-state index >= 15 is 0 Å². The van der Waals surface area contributed by atoms with Crippen LogP contribution >= 0.6 is 0 Å². The van der Waals surface area contributed by atoms with E-state index in [-0.39, 0.29) is 23.7 Å². The van der Waals surface area contributed by atoms with Crippen molar-refractivity contribution in [2.45, 2.75) is 12.9 Å². The second kappa shape index (κ2) is 8.21. The van der Waals surface area contributed by atoms with Crippen molar-refractivity contribution >= 4 is 11.0 Å². The molecule has 0 saturated carbocycles. The van der Waals surface area contributed by atoms with Crippen LogP contribution in [0.2, 0.25) is 0 Å². The summed E-state index contributed by atoms with van der Waals surface area (Å²) in [5.41, 5.74) is 1.94. The monoisotopic (exact) mass is 474 g/mol. The highest BCUT2D eigenvalue weighted by Crippen LogP contribution is 2.27. The Bertz CT molecular complexity index is 1480. The van der Waals surface area contributed by atoms with E-state index in [9.17, 15) is 22.0 Å². The number of benzene rings is 2. The Hall–Kier alpha value is -4.35. The quantitative estimate of drug-likeness (QED) is 0.293. The minimum Gasteiger partial charge on any atom is -0.406 e. The topological polar surface area (TPSA) is 80.7 Å². The normalized spacial score (nSPS) is 11.8. The molecule has 0 spiro atoms. The lowest BCUT2D eigenvalue weighted by Gasteiger charge is -2.08. The van der Waals surface area contributed by atoms with E-state index in [1.807, 2.05) is 0 Å². The molecule has 0 aliphatic heterocycles. The summed E-state index contributed by atoms with van der Waals surface area (Å²) in [6.07, 6.45) is -1.69. The average Bonchev–Trinajstić information content (AvgIpc) is 3.42. The SMILES string of the molecule is Fc1cccc(-c2nc3cn[n+](Cc4cc(-c5ccc(OC(F)(F)F)cc5)no4)cc3[nH]2)c1F. The number of H-pyrrole nitrogens is 1. The van der Waals surface area contributed by atoms with Crippen LogP contribution in [0.4, 0.5) is 22.0 Å². The molecule has 0 saturated heterocycles. The molecular formula is C22H13F5N5O2+. The van der Waals surface area contributed by atoms with Crippen LogP contribution in [0.15, 0.2) is 65.4 Å². The number of halogens is 5. The van der Waals surface area contributed by atoms with Crippen LogP contribution in [-0.2, 0) is 6.54 Å². The maximum atomic E-state index is 14.1. The van der Waals surface area contributed by atoms with Gasteiger partial charge in [0.15, 0.2) is 11.6 Å². The largest absolute Gasteiger partial charge is 0.573 e. The Kier molecular flexibility index (Phi) is 5.19. The molecule has 0 bridgehead atoms. The lowest BCUT2D eigenvalue weighted by Crippen LogP contribution is -2.37. The molecule has 5 aromatic rings. The number of hydrogen-bond acceptors (Lipinski definition) is 5. The number of rotatable bonds is 5. The minimum atomic E-state index is -4.77. The first-order valence-electron chi connectivity index (χ1n) is 9.77. The van der Waals surface area contributed by atoms with Crippen LogP contribution in [0.5, 0.6) is 5.75 Å². The molecule has 5 rings (SSSR count). The van der Waals surface area contributed by atoms with Gasteiger partial charge in [-0.15, -0.1) is 13.2 Å². The molecule has 0 aliphatic rings. The van der Waals surface area contributed by atoms with Gasteiger partial charge in [0, 0.05) is 11.6 Å². The van der Waals surface area contributed by atoms with Gasteiger partial charge in [0.2, 0.25) is 18.5 Å². The third-order valence-corrected chi connectivity index (χ3v) is 4.83. The number of hydrogen-bond donors (Lipinski definition) is 1. The standard InChI is InChI=1S/C22H12F5N5O2/c23-16-3-1-2-15(20(16)24)21-29-18-9-28-32(11-19(18)30-21)10-14-8-17(31-34-14)12-4-6-13(7-5-12)33-22(25,26)27/h1-9,11H,10H2/p+1. The van der Waals surface area contributed by atoms with Gasteiger partial charge in [0.25, 0.3) is 0 Å². The van der Waals surface area contributed by atoms with E-state index in [2.05, 4.69) is 25.0 Å². The van der Waals surface area contributed by atoms with Crippen molar-refractivity contribution < 1.29 is 35.9 Å². The molecule has 34 heavy (non-hydrogen) atoms. The molecule has 1 N–H and O–H groups in total. The summed E-state index contributed by atoms with van der Waals surface area (Å²) in [6.45, 7) is 0.181. The highest BCUT2D eigenvalue weighted by Gasteiger charge is 2.31. The second-order valence-corrected chi connectivity index (χ2v) is 7.21. The van der Waals surface area contributed by atoms with Gasteiger partial charge in [-0.2, -0.15) is 0 Å². The average molecular weight is 474 g/mol. The fourth-order valence-electron chi connectivity index (χ4n) is 3.32. The lowest BCUT2D eigenvalue weighted by molar-refractivity contribution is -0.746. The summed E-state index contributed by atoms with van der Waals surface area (Å²) in [6, 6.07) is 10.7. The van der Waals surface area contributed by atoms with Crippen molar-refractivity contribution in [1.82, 2.24) is 20.2 Å². The van der Waals surface area contributed by atoms with Gasteiger partial charge in [-0.3, -0.25) is 0 Å². The molecule has 12 heteroatoms. The van der Waals surface area contributed by atoms with Crippen molar-refractivity contribution in [1.29, 1.82) is 0 Å². The number of nitrogens with zero attached hydrogens (tertiary/aromatic N) is 4. The van der Waals surface area contributed by atoms with Crippen LogP contribution in [0, 0.1) is 11.6 Å². The number of aromatic nitrogens is 5. The van der Waals surface area contributed by atoms with Gasteiger partial charge in [-0.25, -0.2) is 13.8 Å². The minimum absolute atomic E-state index is 0.00530. The molecule has 0 amide bonds. The smallest absolute Gasteiger partial charge is 0.406 e. The predicted octanol–water partition coefficient (Wildman–Crippen LogP) is 4.79. The maximum Gasteiger partial charge on any atom is 0.573 e. The first kappa shape index (κ1) is 21.5. The first-order chi connectivity index (χ1) is 16.2. The molecule has 2 aromatic carbocycles. The van der Waals surface area contributed by atoms with Crippen LogP contribution in [0.25, 0.3) is 33.7 Å². The van der Waals surface area contributed by atoms with Crippen molar-refractivity contribution in [2.75, 3.05) is 0 Å². The third kappa shape index (κ3) is 4.42. The summed E-state index contributed by atoms with van der Waals surface area (Å²) >= 11 is 0. The predicted molar refractivity (Wildman–Crippen MR) is 107 cm³/mol. The number of nitrogens with one attached hydrogen (secondary N) is 1. The number of aromatic amines is 1. The van der Waals surface area contributed by atoms with Crippen molar-refractivity contribution in [3.8, 4) is 28.4 Å². The Labute approximate surface area is 187 Å². The summed E-state index contributed by atoms with van der Waals surface area (Å²) in [4.78, 5) is 7.19. The first-order valence-corrected chi connectivity index (χ1v) is 9.77. The third-order valence-electron chi connectivity index (χ3n) is 4.83. The fourth-order valence-corrected chi connectivity index (χ4v) is 3.32. The molecule has 7 nitrogen and oxygen atoms in total. The summed E-state index contributed by atoms with van der Waals surface area (Å²) in [5.74, 6) is -1.74. The molecule has 0 aliphatic carbocycles. The molecule has 0 radical (unpaired) electrons. The van der Waals surface area contributed by atoms with Crippen LogP contribution in [-0.4, -0.2) is 26.6 Å². The molecule has 0 atom stereocenters. The number of fused-ring (bicyclic) bond motifs is 1. The van der Waals surface area contributed by atoms with Crippen LogP contribution < -0.4 is 9.42 Å². The Balaban J connectivity index is 1.34. The summed E-state index contributed by atoms with van der Waals surface area (Å²) in [5, 5.41) is 8.17. The zero-order valence-electron chi connectivity index (χ0n) is 17.0. The highest BCUT2D eigenvalue weighted by atomic mass is 19.4. The number of ether oxygens (including phenoxy) is 1. The van der Waals surface area contributed by atoms with E-state index in [4.69, 9.17) is 4.52 Å². The number of alkyl halides is 3. The number of imidazole rings is 1. The molecule has 172 valence electrons. The van der Waals surface area contributed by atoms with Crippen molar-refractivity contribution in [2.24, 2.45) is 0 Å². The van der Waals surface area contributed by atoms with Gasteiger partial charge in [-0.1, -0.05) is 15.9 Å². The van der Waals surface area contributed by atoms with Crippen molar-refractivity contribution in [3.63, 3.8) is 0 Å². The van der Waals surface area contributed by atoms with E-state index in [1.54, 1.807) is 12.3 Å². The highest BCUT2D eigenvalue weighted by molar-refractivity contribution is 5.77. The Morgan fingerprint density at radius 2 is 1.85 bits per heavy atom. The molecule has 0 unspecified atom stereocenters. The van der Waals surface area contributed by atoms with E-state index in [0.717, 1.165) is 6.07 Å². The second-order valence-electron chi connectivity index (χ2n) is 7.21.